The van der Waals surface area contributed by atoms with Crippen LogP contribution >= 0.6 is 0 Å². The van der Waals surface area contributed by atoms with E-state index in [0.717, 1.165) is 36.9 Å². The van der Waals surface area contributed by atoms with Gasteiger partial charge in [0.15, 0.2) is 6.10 Å². The van der Waals surface area contributed by atoms with Gasteiger partial charge in [-0.05, 0) is 56.9 Å². The number of halogens is 1. The third-order valence-electron chi connectivity index (χ3n) is 3.69. The van der Waals surface area contributed by atoms with E-state index in [2.05, 4.69) is 10.5 Å². The minimum absolute atomic E-state index is 0.325. The molecule has 0 aliphatic heterocycles. The van der Waals surface area contributed by atoms with Crippen molar-refractivity contribution in [3.05, 3.63) is 41.3 Å². The first kappa shape index (κ1) is 14.6. The van der Waals surface area contributed by atoms with E-state index in [1.54, 1.807) is 6.92 Å². The number of nitrogens with one attached hydrogen (secondary N) is 1. The fraction of sp³-hybridized carbons (Fsp3) is 0.375. The van der Waals surface area contributed by atoms with Gasteiger partial charge in [-0.2, -0.15) is 0 Å². The fourth-order valence-electron chi connectivity index (χ4n) is 2.47. The van der Waals surface area contributed by atoms with E-state index in [1.165, 1.54) is 24.3 Å². The number of hydrogen-bond donors (Lipinski definition) is 1. The van der Waals surface area contributed by atoms with Crippen LogP contribution in [0.3, 0.4) is 0 Å². The molecule has 5 nitrogen and oxygen atoms in total. The summed E-state index contributed by atoms with van der Waals surface area (Å²) in [7, 11) is 0. The van der Waals surface area contributed by atoms with E-state index in [4.69, 9.17) is 9.26 Å². The van der Waals surface area contributed by atoms with Gasteiger partial charge < -0.3 is 9.26 Å². The van der Waals surface area contributed by atoms with Gasteiger partial charge in [-0.3, -0.25) is 10.1 Å². The van der Waals surface area contributed by atoms with Crippen molar-refractivity contribution < 1.29 is 18.4 Å². The SMILES string of the molecule is CC(Oc1ccc(F)cc1)C(=O)Nc1onc2c1CCCC2. The van der Waals surface area contributed by atoms with Crippen molar-refractivity contribution >= 4 is 11.8 Å². The normalized spacial score (nSPS) is 15.0. The minimum atomic E-state index is -0.727. The van der Waals surface area contributed by atoms with Crippen LogP contribution < -0.4 is 10.1 Å². The molecule has 0 spiro atoms. The average molecular weight is 304 g/mol. The molecular formula is C16H17FN2O3. The summed E-state index contributed by atoms with van der Waals surface area (Å²) in [5, 5.41) is 6.70. The number of anilines is 1. The summed E-state index contributed by atoms with van der Waals surface area (Å²) in [6.07, 6.45) is 3.18. The molecule has 0 bridgehead atoms. The smallest absolute Gasteiger partial charge is 0.267 e. The van der Waals surface area contributed by atoms with E-state index in [0.29, 0.717) is 11.6 Å². The van der Waals surface area contributed by atoms with Gasteiger partial charge in [0.25, 0.3) is 5.91 Å². The highest BCUT2D eigenvalue weighted by molar-refractivity contribution is 5.93. The van der Waals surface area contributed by atoms with Crippen LogP contribution in [0.15, 0.2) is 28.8 Å². The summed E-state index contributed by atoms with van der Waals surface area (Å²) >= 11 is 0. The third-order valence-corrected chi connectivity index (χ3v) is 3.69. The molecule has 1 unspecified atom stereocenters. The maximum absolute atomic E-state index is 12.8. The molecule has 1 atom stereocenters. The number of hydrogen-bond acceptors (Lipinski definition) is 4. The Morgan fingerprint density at radius 3 is 2.82 bits per heavy atom. The number of benzene rings is 1. The molecule has 0 saturated carbocycles. The Kier molecular flexibility index (Phi) is 4.09. The molecule has 0 saturated heterocycles. The Balaban J connectivity index is 1.64. The van der Waals surface area contributed by atoms with E-state index in [9.17, 15) is 9.18 Å². The van der Waals surface area contributed by atoms with E-state index in [-0.39, 0.29) is 11.7 Å². The number of fused-ring (bicyclic) bond motifs is 1. The molecule has 116 valence electrons. The largest absolute Gasteiger partial charge is 0.481 e. The van der Waals surface area contributed by atoms with Crippen LogP contribution in [0.4, 0.5) is 10.3 Å². The summed E-state index contributed by atoms with van der Waals surface area (Å²) in [6, 6.07) is 5.53. The molecule has 1 amide bonds. The van der Waals surface area contributed by atoms with Crippen LogP contribution in [0.5, 0.6) is 5.75 Å². The molecule has 2 aromatic rings. The Labute approximate surface area is 127 Å². The number of carbonyl (C=O) groups excluding carboxylic acids is 1. The lowest BCUT2D eigenvalue weighted by atomic mass is 9.98. The maximum Gasteiger partial charge on any atom is 0.267 e. The minimum Gasteiger partial charge on any atom is -0.481 e. The topological polar surface area (TPSA) is 64.4 Å². The van der Waals surface area contributed by atoms with Gasteiger partial charge in [0.05, 0.1) is 5.69 Å². The summed E-state index contributed by atoms with van der Waals surface area (Å²) < 4.78 is 23.5. The third kappa shape index (κ3) is 3.10. The molecule has 0 radical (unpaired) electrons. The van der Waals surface area contributed by atoms with Crippen molar-refractivity contribution in [1.82, 2.24) is 5.16 Å². The van der Waals surface area contributed by atoms with Gasteiger partial charge in [-0.15, -0.1) is 0 Å². The second kappa shape index (κ2) is 6.17. The maximum atomic E-state index is 12.8. The average Bonchev–Trinajstić information content (AvgIpc) is 2.93. The first-order valence-corrected chi connectivity index (χ1v) is 7.34. The van der Waals surface area contributed by atoms with E-state index >= 15 is 0 Å². The standard InChI is InChI=1S/C16H17FN2O3/c1-10(21-12-8-6-11(17)7-9-12)15(20)18-16-13-4-2-3-5-14(13)19-22-16/h6-10H,2-5H2,1H3,(H,18,20). The number of aromatic nitrogens is 1. The highest BCUT2D eigenvalue weighted by Crippen LogP contribution is 2.27. The Morgan fingerprint density at radius 2 is 2.05 bits per heavy atom. The van der Waals surface area contributed by atoms with E-state index < -0.39 is 6.10 Å². The zero-order valence-electron chi connectivity index (χ0n) is 12.3. The Bertz CT molecular complexity index is 667. The summed E-state index contributed by atoms with van der Waals surface area (Å²) in [6.45, 7) is 1.63. The number of aryl methyl sites for hydroxylation is 1. The molecule has 22 heavy (non-hydrogen) atoms. The quantitative estimate of drug-likeness (QED) is 0.942. The molecule has 1 aromatic heterocycles. The molecule has 6 heteroatoms. The Morgan fingerprint density at radius 1 is 1.32 bits per heavy atom. The van der Waals surface area contributed by atoms with Gasteiger partial charge >= 0.3 is 0 Å². The van der Waals surface area contributed by atoms with Crippen LogP contribution in [-0.2, 0) is 17.6 Å². The lowest BCUT2D eigenvalue weighted by Crippen LogP contribution is -2.30. The number of nitrogens with zero attached hydrogens (tertiary/aromatic N) is 1. The van der Waals surface area contributed by atoms with Crippen molar-refractivity contribution in [3.8, 4) is 5.75 Å². The number of amides is 1. The van der Waals surface area contributed by atoms with Gasteiger partial charge in [-0.1, -0.05) is 5.16 Å². The predicted octanol–water partition coefficient (Wildman–Crippen LogP) is 3.10. The first-order valence-electron chi connectivity index (χ1n) is 7.34. The molecule has 3 rings (SSSR count). The van der Waals surface area contributed by atoms with Crippen LogP contribution in [0, 0.1) is 5.82 Å². The monoisotopic (exact) mass is 304 g/mol. The zero-order chi connectivity index (χ0) is 15.5. The second-order valence-electron chi connectivity index (χ2n) is 5.35. The first-order chi connectivity index (χ1) is 10.6. The molecular weight excluding hydrogens is 287 g/mol. The molecule has 1 aliphatic rings. The lowest BCUT2D eigenvalue weighted by molar-refractivity contribution is -0.122. The number of carbonyl (C=O) groups is 1. The summed E-state index contributed by atoms with van der Waals surface area (Å²) in [5.41, 5.74) is 1.90. The van der Waals surface area contributed by atoms with Crippen LogP contribution in [-0.4, -0.2) is 17.2 Å². The van der Waals surface area contributed by atoms with E-state index in [1.807, 2.05) is 0 Å². The molecule has 1 aromatic carbocycles. The number of rotatable bonds is 4. The fourth-order valence-corrected chi connectivity index (χ4v) is 2.47. The molecule has 1 heterocycles. The van der Waals surface area contributed by atoms with Gasteiger partial charge in [0, 0.05) is 5.56 Å². The van der Waals surface area contributed by atoms with Crippen molar-refractivity contribution in [3.63, 3.8) is 0 Å². The van der Waals surface area contributed by atoms with Gasteiger partial charge in [-0.25, -0.2) is 4.39 Å². The van der Waals surface area contributed by atoms with Crippen molar-refractivity contribution in [1.29, 1.82) is 0 Å². The molecule has 1 aliphatic carbocycles. The van der Waals surface area contributed by atoms with Crippen LogP contribution in [0.25, 0.3) is 0 Å². The van der Waals surface area contributed by atoms with Crippen molar-refractivity contribution in [2.45, 2.75) is 38.7 Å². The molecule has 0 fully saturated rings. The predicted molar refractivity (Wildman–Crippen MR) is 78.3 cm³/mol. The highest BCUT2D eigenvalue weighted by atomic mass is 19.1. The zero-order valence-corrected chi connectivity index (χ0v) is 12.3. The molecule has 1 N–H and O–H groups in total. The van der Waals surface area contributed by atoms with Crippen molar-refractivity contribution in [2.75, 3.05) is 5.32 Å². The highest BCUT2D eigenvalue weighted by Gasteiger charge is 2.23. The summed E-state index contributed by atoms with van der Waals surface area (Å²) in [5.74, 6) is 0.171. The second-order valence-corrected chi connectivity index (χ2v) is 5.35. The Hall–Kier alpha value is -2.37. The summed E-state index contributed by atoms with van der Waals surface area (Å²) in [4.78, 5) is 12.2. The van der Waals surface area contributed by atoms with Crippen LogP contribution in [0.1, 0.15) is 31.0 Å². The van der Waals surface area contributed by atoms with Gasteiger partial charge in [0.1, 0.15) is 11.6 Å². The van der Waals surface area contributed by atoms with Crippen molar-refractivity contribution in [2.24, 2.45) is 0 Å². The lowest BCUT2D eigenvalue weighted by Gasteiger charge is -2.14. The van der Waals surface area contributed by atoms with Crippen LogP contribution in [0.2, 0.25) is 0 Å². The van der Waals surface area contributed by atoms with Gasteiger partial charge in [0.2, 0.25) is 5.88 Å². The number of ether oxygens (including phenoxy) is 1.